The first-order valence-electron chi connectivity index (χ1n) is 3.87. The monoisotopic (exact) mass is 231 g/mol. The number of carboxylic acids is 1. The second-order valence-electron chi connectivity index (χ2n) is 2.54. The van der Waals surface area contributed by atoms with Gasteiger partial charge in [-0.05, 0) is 0 Å². The zero-order valence-electron chi connectivity index (χ0n) is 7.75. The Balaban J connectivity index is 4.59. The maximum Gasteiger partial charge on any atom is 0.304 e. The van der Waals surface area contributed by atoms with Crippen molar-refractivity contribution >= 4 is 16.0 Å². The molecule has 0 bridgehead atoms. The molecule has 7 nitrogen and oxygen atoms in total. The number of nitrogens with zero attached hydrogens (tertiary/aromatic N) is 3. The van der Waals surface area contributed by atoms with Gasteiger partial charge in [-0.15, -0.1) is 0 Å². The van der Waals surface area contributed by atoms with E-state index in [4.69, 9.17) is 15.6 Å². The molecule has 0 atom stereocenters. The van der Waals surface area contributed by atoms with Gasteiger partial charge in [-0.25, -0.2) is 8.42 Å². The molecule has 0 rings (SSSR count). The summed E-state index contributed by atoms with van der Waals surface area (Å²) >= 11 is 0. The normalized spacial score (nSPS) is 10.6. The maximum atomic E-state index is 11.4. The molecule has 0 spiro atoms. The molecule has 0 radical (unpaired) electrons. The van der Waals surface area contributed by atoms with Gasteiger partial charge in [-0.1, -0.05) is 0 Å². The number of sulfonamides is 1. The number of nitriles is 2. The summed E-state index contributed by atoms with van der Waals surface area (Å²) in [6, 6.07) is 3.19. The molecule has 0 aliphatic rings. The van der Waals surface area contributed by atoms with Crippen molar-refractivity contribution < 1.29 is 18.3 Å². The molecule has 0 aliphatic carbocycles. The third-order valence-corrected chi connectivity index (χ3v) is 3.23. The van der Waals surface area contributed by atoms with Crippen LogP contribution in [-0.2, 0) is 14.8 Å². The Morgan fingerprint density at radius 1 is 1.27 bits per heavy atom. The highest BCUT2D eigenvalue weighted by molar-refractivity contribution is 7.89. The van der Waals surface area contributed by atoms with Crippen LogP contribution < -0.4 is 0 Å². The van der Waals surface area contributed by atoms with Gasteiger partial charge < -0.3 is 5.11 Å². The second kappa shape index (κ2) is 5.96. The first-order chi connectivity index (χ1) is 6.94. The highest BCUT2D eigenvalue weighted by Gasteiger charge is 2.22. The van der Waals surface area contributed by atoms with E-state index in [1.54, 1.807) is 12.1 Å². The van der Waals surface area contributed by atoms with Crippen molar-refractivity contribution in [1.29, 1.82) is 10.5 Å². The van der Waals surface area contributed by atoms with Crippen LogP contribution in [0.2, 0.25) is 0 Å². The minimum absolute atomic E-state index is 0.449. The molecule has 0 aliphatic heterocycles. The van der Waals surface area contributed by atoms with Crippen molar-refractivity contribution in [3.8, 4) is 12.1 Å². The molecule has 1 N–H and O–H groups in total. The molecule has 0 aromatic rings. The van der Waals surface area contributed by atoms with Gasteiger partial charge >= 0.3 is 5.97 Å². The van der Waals surface area contributed by atoms with Crippen molar-refractivity contribution in [3.63, 3.8) is 0 Å². The van der Waals surface area contributed by atoms with Crippen molar-refractivity contribution in [2.24, 2.45) is 0 Å². The van der Waals surface area contributed by atoms with Gasteiger partial charge in [0.1, 0.15) is 13.1 Å². The lowest BCUT2D eigenvalue weighted by Gasteiger charge is -2.14. The maximum absolute atomic E-state index is 11.4. The number of aliphatic carboxylic acids is 1. The summed E-state index contributed by atoms with van der Waals surface area (Å²) in [5, 5.41) is 24.9. The summed E-state index contributed by atoms with van der Waals surface area (Å²) in [6.07, 6.45) is -0.546. The quantitative estimate of drug-likeness (QED) is 0.593. The van der Waals surface area contributed by atoms with E-state index in [1.165, 1.54) is 0 Å². The van der Waals surface area contributed by atoms with E-state index in [0.29, 0.717) is 4.31 Å². The van der Waals surface area contributed by atoms with Gasteiger partial charge in [0.2, 0.25) is 10.0 Å². The van der Waals surface area contributed by atoms with Gasteiger partial charge in [-0.3, -0.25) is 4.79 Å². The summed E-state index contributed by atoms with van der Waals surface area (Å²) in [4.78, 5) is 10.2. The van der Waals surface area contributed by atoms with Crippen LogP contribution in [-0.4, -0.2) is 42.6 Å². The molecule has 8 heteroatoms. The molecule has 0 fully saturated rings. The lowest BCUT2D eigenvalue weighted by molar-refractivity contribution is -0.136. The highest BCUT2D eigenvalue weighted by atomic mass is 32.2. The molecule has 0 aromatic carbocycles. The van der Waals surface area contributed by atoms with Gasteiger partial charge in [-0.2, -0.15) is 14.8 Å². The number of carbonyl (C=O) groups is 1. The fraction of sp³-hybridized carbons (Fsp3) is 0.571. The largest absolute Gasteiger partial charge is 0.481 e. The number of rotatable bonds is 6. The minimum Gasteiger partial charge on any atom is -0.481 e. The molecule has 82 valence electrons. The second-order valence-corrected chi connectivity index (χ2v) is 4.63. The van der Waals surface area contributed by atoms with Crippen LogP contribution in [0.15, 0.2) is 0 Å². The fourth-order valence-electron chi connectivity index (χ4n) is 0.756. The Hall–Kier alpha value is -1.64. The van der Waals surface area contributed by atoms with E-state index in [2.05, 4.69) is 0 Å². The SMILES string of the molecule is N#CCN(CC#N)S(=O)(=O)CCC(=O)O. The van der Waals surface area contributed by atoms with Crippen LogP contribution in [0.1, 0.15) is 6.42 Å². The third-order valence-electron chi connectivity index (χ3n) is 1.46. The van der Waals surface area contributed by atoms with Crippen LogP contribution >= 0.6 is 0 Å². The third kappa shape index (κ3) is 4.96. The van der Waals surface area contributed by atoms with E-state index < -0.39 is 41.3 Å². The summed E-state index contributed by atoms with van der Waals surface area (Å²) in [6.45, 7) is -0.898. The molecular formula is C7H9N3O4S. The minimum atomic E-state index is -3.83. The highest BCUT2D eigenvalue weighted by Crippen LogP contribution is 2.02. The average molecular weight is 231 g/mol. The zero-order chi connectivity index (χ0) is 11.9. The smallest absolute Gasteiger partial charge is 0.304 e. The van der Waals surface area contributed by atoms with Crippen LogP contribution in [0.5, 0.6) is 0 Å². The Bertz CT molecular complexity index is 387. The molecule has 15 heavy (non-hydrogen) atoms. The van der Waals surface area contributed by atoms with Crippen molar-refractivity contribution in [1.82, 2.24) is 4.31 Å². The fourth-order valence-corrected chi connectivity index (χ4v) is 1.96. The molecule has 0 heterocycles. The van der Waals surface area contributed by atoms with Gasteiger partial charge in [0.25, 0.3) is 0 Å². The molecular weight excluding hydrogens is 222 g/mol. The molecule has 0 saturated heterocycles. The lowest BCUT2D eigenvalue weighted by atomic mass is 10.5. The van der Waals surface area contributed by atoms with Crippen LogP contribution in [0.4, 0.5) is 0 Å². The van der Waals surface area contributed by atoms with Gasteiger partial charge in [0.05, 0.1) is 24.3 Å². The Morgan fingerprint density at radius 3 is 2.07 bits per heavy atom. The van der Waals surface area contributed by atoms with E-state index in [1.807, 2.05) is 0 Å². The molecule has 0 amide bonds. The molecule has 0 aromatic heterocycles. The standard InChI is InChI=1S/C7H9N3O4S/c8-2-4-10(5-3-9)15(13,14)6-1-7(11)12/h1,4-6H2,(H,11,12). The van der Waals surface area contributed by atoms with Crippen LogP contribution in [0, 0.1) is 22.7 Å². The van der Waals surface area contributed by atoms with Crippen LogP contribution in [0.25, 0.3) is 0 Å². The Kier molecular flexibility index (Phi) is 5.31. The van der Waals surface area contributed by atoms with E-state index in [9.17, 15) is 13.2 Å². The zero-order valence-corrected chi connectivity index (χ0v) is 8.57. The predicted octanol–water partition coefficient (Wildman–Crippen LogP) is -0.860. The lowest BCUT2D eigenvalue weighted by Crippen LogP contribution is -2.34. The Labute approximate surface area is 87.2 Å². The van der Waals surface area contributed by atoms with E-state index in [0.717, 1.165) is 0 Å². The summed E-state index contributed by atoms with van der Waals surface area (Å²) in [7, 11) is -3.83. The number of hydrogen-bond donors (Lipinski definition) is 1. The predicted molar refractivity (Wildman–Crippen MR) is 48.8 cm³/mol. The van der Waals surface area contributed by atoms with Gasteiger partial charge in [0, 0.05) is 0 Å². The van der Waals surface area contributed by atoms with E-state index in [-0.39, 0.29) is 0 Å². The van der Waals surface area contributed by atoms with Crippen molar-refractivity contribution in [2.75, 3.05) is 18.8 Å². The summed E-state index contributed by atoms with van der Waals surface area (Å²) in [5.74, 6) is -1.85. The first-order valence-corrected chi connectivity index (χ1v) is 5.48. The first kappa shape index (κ1) is 13.4. The molecule has 0 saturated carbocycles. The van der Waals surface area contributed by atoms with E-state index >= 15 is 0 Å². The van der Waals surface area contributed by atoms with Gasteiger partial charge in [0.15, 0.2) is 0 Å². The average Bonchev–Trinajstić information content (AvgIpc) is 2.15. The number of carboxylic acid groups (broad SMARTS) is 1. The number of hydrogen-bond acceptors (Lipinski definition) is 5. The summed E-state index contributed by atoms with van der Waals surface area (Å²) < 4.78 is 23.4. The topological polar surface area (TPSA) is 122 Å². The molecule has 0 unspecified atom stereocenters. The summed E-state index contributed by atoms with van der Waals surface area (Å²) in [5.41, 5.74) is 0. The van der Waals surface area contributed by atoms with Crippen molar-refractivity contribution in [3.05, 3.63) is 0 Å². The van der Waals surface area contributed by atoms with Crippen molar-refractivity contribution in [2.45, 2.75) is 6.42 Å². The Morgan fingerprint density at radius 2 is 1.73 bits per heavy atom. The van der Waals surface area contributed by atoms with Crippen LogP contribution in [0.3, 0.4) is 0 Å².